The molecule has 1 aliphatic carbocycles. The Hall–Kier alpha value is -1.71. The van der Waals surface area contributed by atoms with Gasteiger partial charge >= 0.3 is 0 Å². The molecule has 0 radical (unpaired) electrons. The van der Waals surface area contributed by atoms with Gasteiger partial charge in [-0.1, -0.05) is 24.3 Å². The lowest BCUT2D eigenvalue weighted by atomic mass is 9.94. The van der Waals surface area contributed by atoms with Gasteiger partial charge in [-0.15, -0.1) is 0 Å². The van der Waals surface area contributed by atoms with Crippen LogP contribution >= 0.6 is 0 Å². The van der Waals surface area contributed by atoms with E-state index in [1.165, 1.54) is 42.0 Å². The highest BCUT2D eigenvalue weighted by Gasteiger charge is 2.16. The molecule has 0 aromatic heterocycles. The monoisotopic (exact) mass is 284 g/mol. The van der Waals surface area contributed by atoms with Crippen molar-refractivity contribution in [1.82, 2.24) is 5.43 Å². The molecule has 2 aromatic rings. The Morgan fingerprint density at radius 2 is 1.95 bits per heavy atom. The molecule has 1 aliphatic rings. The van der Waals surface area contributed by atoms with Gasteiger partial charge in [-0.25, -0.2) is 4.39 Å². The summed E-state index contributed by atoms with van der Waals surface area (Å²) in [6, 6.07) is 11.6. The van der Waals surface area contributed by atoms with Gasteiger partial charge in [0.1, 0.15) is 5.82 Å². The largest absolute Gasteiger partial charge is 0.271 e. The number of nitrogens with one attached hydrogen (secondary N) is 1. The van der Waals surface area contributed by atoms with E-state index in [1.807, 2.05) is 13.0 Å². The van der Waals surface area contributed by atoms with Crippen LogP contribution in [0.25, 0.3) is 0 Å². The number of aryl methyl sites for hydroxylation is 3. The molecule has 110 valence electrons. The lowest BCUT2D eigenvalue weighted by Crippen LogP contribution is -2.30. The molecule has 2 nitrogen and oxygen atoms in total. The molecule has 0 fully saturated rings. The van der Waals surface area contributed by atoms with Crippen molar-refractivity contribution in [2.45, 2.75) is 38.6 Å². The second-order valence-electron chi connectivity index (χ2n) is 5.88. The lowest BCUT2D eigenvalue weighted by Gasteiger charge is -2.19. The minimum absolute atomic E-state index is 0.00468. The minimum atomic E-state index is -0.204. The zero-order chi connectivity index (χ0) is 14.8. The predicted molar refractivity (Wildman–Crippen MR) is 83.4 cm³/mol. The fraction of sp³-hybridized carbons (Fsp3) is 0.333. The van der Waals surface area contributed by atoms with Crippen LogP contribution in [0, 0.1) is 12.7 Å². The average Bonchev–Trinajstić information content (AvgIpc) is 2.93. The Morgan fingerprint density at radius 3 is 2.71 bits per heavy atom. The first-order chi connectivity index (χ1) is 10.2. The van der Waals surface area contributed by atoms with Crippen LogP contribution < -0.4 is 11.3 Å². The summed E-state index contributed by atoms with van der Waals surface area (Å²) in [5.41, 5.74) is 9.09. The van der Waals surface area contributed by atoms with Crippen LogP contribution in [0.1, 0.15) is 40.3 Å². The van der Waals surface area contributed by atoms with E-state index in [1.54, 1.807) is 6.07 Å². The van der Waals surface area contributed by atoms with Crippen molar-refractivity contribution in [2.24, 2.45) is 5.84 Å². The summed E-state index contributed by atoms with van der Waals surface area (Å²) in [5.74, 6) is 5.52. The first-order valence-corrected chi connectivity index (χ1v) is 7.50. The van der Waals surface area contributed by atoms with Crippen LogP contribution in [0.3, 0.4) is 0 Å². The Balaban J connectivity index is 1.84. The van der Waals surface area contributed by atoms with E-state index in [2.05, 4.69) is 23.6 Å². The number of halogens is 1. The molecule has 0 bridgehead atoms. The second-order valence-corrected chi connectivity index (χ2v) is 5.88. The van der Waals surface area contributed by atoms with Gasteiger partial charge in [0.2, 0.25) is 0 Å². The smallest absolute Gasteiger partial charge is 0.123 e. The summed E-state index contributed by atoms with van der Waals surface area (Å²) in [7, 11) is 0. The molecule has 1 unspecified atom stereocenters. The quantitative estimate of drug-likeness (QED) is 0.667. The van der Waals surface area contributed by atoms with Gasteiger partial charge in [0.05, 0.1) is 6.04 Å². The van der Waals surface area contributed by atoms with Gasteiger partial charge in [0, 0.05) is 0 Å². The molecule has 0 amide bonds. The average molecular weight is 284 g/mol. The third-order valence-electron chi connectivity index (χ3n) is 4.41. The van der Waals surface area contributed by atoms with Gasteiger partial charge in [0.25, 0.3) is 0 Å². The first-order valence-electron chi connectivity index (χ1n) is 7.50. The van der Waals surface area contributed by atoms with Crippen molar-refractivity contribution in [2.75, 3.05) is 0 Å². The van der Waals surface area contributed by atoms with E-state index in [0.29, 0.717) is 0 Å². The molecule has 1 atom stereocenters. The Kier molecular flexibility index (Phi) is 4.04. The van der Waals surface area contributed by atoms with E-state index < -0.39 is 0 Å². The molecule has 0 heterocycles. The third kappa shape index (κ3) is 2.99. The van der Waals surface area contributed by atoms with Crippen LogP contribution in [0.15, 0.2) is 36.4 Å². The Morgan fingerprint density at radius 1 is 1.14 bits per heavy atom. The van der Waals surface area contributed by atoms with Gasteiger partial charge in [-0.3, -0.25) is 11.3 Å². The molecule has 3 heteroatoms. The summed E-state index contributed by atoms with van der Waals surface area (Å²) < 4.78 is 13.2. The molecule has 2 aromatic carbocycles. The first kappa shape index (κ1) is 14.2. The van der Waals surface area contributed by atoms with Crippen molar-refractivity contribution in [3.63, 3.8) is 0 Å². The van der Waals surface area contributed by atoms with Crippen molar-refractivity contribution < 1.29 is 4.39 Å². The molecule has 3 N–H and O–H groups in total. The van der Waals surface area contributed by atoms with Gasteiger partial charge in [-0.2, -0.15) is 0 Å². The van der Waals surface area contributed by atoms with Crippen LogP contribution in [0.4, 0.5) is 4.39 Å². The summed E-state index contributed by atoms with van der Waals surface area (Å²) in [6.45, 7) is 1.92. The molecule has 0 spiro atoms. The van der Waals surface area contributed by atoms with E-state index >= 15 is 0 Å². The number of hydrogen-bond acceptors (Lipinski definition) is 2. The van der Waals surface area contributed by atoms with Crippen molar-refractivity contribution in [3.05, 3.63) is 70.0 Å². The summed E-state index contributed by atoms with van der Waals surface area (Å²) >= 11 is 0. The minimum Gasteiger partial charge on any atom is -0.271 e. The molecule has 3 rings (SSSR count). The summed E-state index contributed by atoms with van der Waals surface area (Å²) in [4.78, 5) is 0. The Labute approximate surface area is 125 Å². The highest BCUT2D eigenvalue weighted by molar-refractivity contribution is 5.37. The summed E-state index contributed by atoms with van der Waals surface area (Å²) in [6.07, 6.45) is 4.45. The topological polar surface area (TPSA) is 38.0 Å². The molecule has 21 heavy (non-hydrogen) atoms. The van der Waals surface area contributed by atoms with E-state index in [9.17, 15) is 4.39 Å². The fourth-order valence-electron chi connectivity index (χ4n) is 3.28. The van der Waals surface area contributed by atoms with Gasteiger partial charge < -0.3 is 0 Å². The predicted octanol–water partition coefficient (Wildman–Crippen LogP) is 3.37. The van der Waals surface area contributed by atoms with Gasteiger partial charge in [-0.05, 0) is 72.6 Å². The number of rotatable bonds is 4. The number of hydrazine groups is 1. The van der Waals surface area contributed by atoms with E-state index in [0.717, 1.165) is 17.5 Å². The van der Waals surface area contributed by atoms with E-state index in [-0.39, 0.29) is 11.9 Å². The maximum atomic E-state index is 13.2. The van der Waals surface area contributed by atoms with Crippen molar-refractivity contribution in [3.8, 4) is 0 Å². The number of nitrogens with two attached hydrogens (primary N) is 1. The van der Waals surface area contributed by atoms with E-state index in [4.69, 9.17) is 5.84 Å². The Bertz CT molecular complexity index is 652. The second kappa shape index (κ2) is 5.96. The standard InChI is InChI=1S/C18H21FN2/c1-12-9-16(19)7-8-17(12)18(21-20)11-13-5-6-14-3-2-4-15(14)10-13/h5-10,18,21H,2-4,11,20H2,1H3. The molecular formula is C18H21FN2. The molecule has 0 saturated heterocycles. The normalized spacial score (nSPS) is 15.0. The van der Waals surface area contributed by atoms with Crippen molar-refractivity contribution in [1.29, 1.82) is 0 Å². The van der Waals surface area contributed by atoms with Crippen LogP contribution in [-0.2, 0) is 19.3 Å². The maximum Gasteiger partial charge on any atom is 0.123 e. The van der Waals surface area contributed by atoms with Crippen molar-refractivity contribution >= 4 is 0 Å². The zero-order valence-corrected chi connectivity index (χ0v) is 12.3. The number of hydrogen-bond donors (Lipinski definition) is 2. The van der Waals surface area contributed by atoms with Crippen LogP contribution in [-0.4, -0.2) is 0 Å². The molecular weight excluding hydrogens is 263 g/mol. The number of benzene rings is 2. The highest BCUT2D eigenvalue weighted by Crippen LogP contribution is 2.26. The van der Waals surface area contributed by atoms with Crippen LogP contribution in [0.2, 0.25) is 0 Å². The fourth-order valence-corrected chi connectivity index (χ4v) is 3.28. The van der Waals surface area contributed by atoms with Gasteiger partial charge in [0.15, 0.2) is 0 Å². The molecule has 0 saturated carbocycles. The zero-order valence-electron chi connectivity index (χ0n) is 12.3. The molecule has 0 aliphatic heterocycles. The summed E-state index contributed by atoms with van der Waals surface area (Å²) in [5, 5.41) is 0. The SMILES string of the molecule is Cc1cc(F)ccc1C(Cc1ccc2c(c1)CCC2)NN. The highest BCUT2D eigenvalue weighted by atomic mass is 19.1. The lowest BCUT2D eigenvalue weighted by molar-refractivity contribution is 0.546. The maximum absolute atomic E-state index is 13.2. The van der Waals surface area contributed by atoms with Crippen LogP contribution in [0.5, 0.6) is 0 Å². The number of fused-ring (bicyclic) bond motifs is 1. The third-order valence-corrected chi connectivity index (χ3v) is 4.41.